The number of nitrogens with zero attached hydrogens (tertiary/aromatic N) is 3. The smallest absolute Gasteiger partial charge is 0.264 e. The predicted molar refractivity (Wildman–Crippen MR) is 110 cm³/mol. The summed E-state index contributed by atoms with van der Waals surface area (Å²) in [7, 11) is -2.24. The van der Waals surface area contributed by atoms with E-state index >= 15 is 0 Å². The number of halogens is 2. The first-order chi connectivity index (χ1) is 13.8. The highest BCUT2D eigenvalue weighted by atomic mass is 35.5. The highest BCUT2D eigenvalue weighted by Crippen LogP contribution is 2.26. The molecule has 0 aliphatic carbocycles. The van der Waals surface area contributed by atoms with Crippen LogP contribution in [0.25, 0.3) is 0 Å². The number of sulfonamides is 1. The summed E-state index contributed by atoms with van der Waals surface area (Å²) in [6.07, 6.45) is 0.283. The van der Waals surface area contributed by atoms with Crippen LogP contribution >= 0.6 is 23.2 Å². The third-order valence-corrected chi connectivity index (χ3v) is 6.80. The Bertz CT molecular complexity index is 1100. The van der Waals surface area contributed by atoms with Gasteiger partial charge in [0.25, 0.3) is 5.89 Å². The number of hydrogen-bond donors (Lipinski definition) is 0. The lowest BCUT2D eigenvalue weighted by Gasteiger charge is -2.16. The summed E-state index contributed by atoms with van der Waals surface area (Å²) in [4.78, 5) is 4.31. The number of rotatable bonds is 8. The standard InChI is InChI=1S/C19H19Cl2N3O4S/c1-13-5-3-4-6-17(13)27-12-19-22-18(23-28-19)9-10-24(2)29(25,26)14-7-8-15(20)16(21)11-14/h3-8,11H,9-10,12H2,1-2H3. The van der Waals surface area contributed by atoms with E-state index < -0.39 is 10.0 Å². The predicted octanol–water partition coefficient (Wildman–Crippen LogP) is 4.13. The Hall–Kier alpha value is -2.13. The van der Waals surface area contributed by atoms with E-state index in [1.54, 1.807) is 0 Å². The Balaban J connectivity index is 1.58. The van der Waals surface area contributed by atoms with Crippen molar-refractivity contribution in [1.29, 1.82) is 0 Å². The average Bonchev–Trinajstić information content (AvgIpc) is 3.15. The van der Waals surface area contributed by atoms with E-state index in [1.807, 2.05) is 31.2 Å². The van der Waals surface area contributed by atoms with Crippen molar-refractivity contribution in [2.75, 3.05) is 13.6 Å². The molecule has 1 heterocycles. The molecule has 3 rings (SSSR count). The van der Waals surface area contributed by atoms with E-state index in [9.17, 15) is 8.42 Å². The SMILES string of the molecule is Cc1ccccc1OCc1nc(CCN(C)S(=O)(=O)c2ccc(Cl)c(Cl)c2)no1. The Kier molecular flexibility index (Phi) is 6.79. The van der Waals surface area contributed by atoms with Crippen molar-refractivity contribution >= 4 is 33.2 Å². The lowest BCUT2D eigenvalue weighted by atomic mass is 10.2. The second-order valence-electron chi connectivity index (χ2n) is 6.31. The molecule has 0 aliphatic rings. The van der Waals surface area contributed by atoms with Crippen LogP contribution in [0.15, 0.2) is 51.9 Å². The molecule has 29 heavy (non-hydrogen) atoms. The van der Waals surface area contributed by atoms with Crippen LogP contribution in [0.5, 0.6) is 5.75 Å². The minimum Gasteiger partial charge on any atom is -0.483 e. The fraction of sp³-hybridized carbons (Fsp3) is 0.263. The van der Waals surface area contributed by atoms with E-state index in [4.69, 9.17) is 32.5 Å². The maximum absolute atomic E-state index is 12.7. The molecule has 154 valence electrons. The summed E-state index contributed by atoms with van der Waals surface area (Å²) >= 11 is 11.8. The molecule has 10 heteroatoms. The third kappa shape index (κ3) is 5.27. The number of aromatic nitrogens is 2. The Morgan fingerprint density at radius 3 is 2.62 bits per heavy atom. The van der Waals surface area contributed by atoms with E-state index in [2.05, 4.69) is 10.1 Å². The lowest BCUT2D eigenvalue weighted by Crippen LogP contribution is -2.29. The summed E-state index contributed by atoms with van der Waals surface area (Å²) in [5.74, 6) is 1.45. The molecule has 3 aromatic rings. The number of likely N-dealkylation sites (N-methyl/N-ethyl adjacent to an activating group) is 1. The molecule has 0 atom stereocenters. The van der Waals surface area contributed by atoms with E-state index in [0.29, 0.717) is 16.7 Å². The minimum atomic E-state index is -3.71. The largest absolute Gasteiger partial charge is 0.483 e. The van der Waals surface area contributed by atoms with Crippen molar-refractivity contribution in [1.82, 2.24) is 14.4 Å². The van der Waals surface area contributed by atoms with Gasteiger partial charge in [-0.1, -0.05) is 46.6 Å². The average molecular weight is 456 g/mol. The van der Waals surface area contributed by atoms with Crippen LogP contribution < -0.4 is 4.74 Å². The molecule has 0 unspecified atom stereocenters. The van der Waals surface area contributed by atoms with Crippen LogP contribution in [-0.4, -0.2) is 36.5 Å². The topological polar surface area (TPSA) is 85.5 Å². The van der Waals surface area contributed by atoms with Crippen LogP contribution in [0.2, 0.25) is 10.0 Å². The van der Waals surface area contributed by atoms with Crippen molar-refractivity contribution in [3.05, 3.63) is 69.8 Å². The monoisotopic (exact) mass is 455 g/mol. The van der Waals surface area contributed by atoms with E-state index in [-0.39, 0.29) is 29.5 Å². The van der Waals surface area contributed by atoms with Gasteiger partial charge in [-0.15, -0.1) is 0 Å². The number of benzene rings is 2. The Labute approximate surface area is 179 Å². The first kappa shape index (κ1) is 21.6. The lowest BCUT2D eigenvalue weighted by molar-refractivity contribution is 0.241. The molecule has 0 aliphatic heterocycles. The highest BCUT2D eigenvalue weighted by molar-refractivity contribution is 7.89. The normalized spacial score (nSPS) is 11.8. The summed E-state index contributed by atoms with van der Waals surface area (Å²) in [6.45, 7) is 2.24. The fourth-order valence-electron chi connectivity index (χ4n) is 2.50. The molecular formula is C19H19Cl2N3O4S. The van der Waals surface area contributed by atoms with Gasteiger partial charge in [0.2, 0.25) is 10.0 Å². The molecule has 0 saturated carbocycles. The first-order valence-corrected chi connectivity index (χ1v) is 10.9. The molecule has 0 N–H and O–H groups in total. The minimum absolute atomic E-state index is 0.0647. The summed E-state index contributed by atoms with van der Waals surface area (Å²) < 4.78 is 37.3. The Morgan fingerprint density at radius 2 is 1.90 bits per heavy atom. The number of para-hydroxylation sites is 1. The summed E-state index contributed by atoms with van der Waals surface area (Å²) in [6, 6.07) is 11.8. The first-order valence-electron chi connectivity index (χ1n) is 8.68. The van der Waals surface area contributed by atoms with Gasteiger partial charge in [-0.3, -0.25) is 0 Å². The zero-order chi connectivity index (χ0) is 21.0. The quantitative estimate of drug-likeness (QED) is 0.507. The van der Waals surface area contributed by atoms with Crippen molar-refractivity contribution in [3.8, 4) is 5.75 Å². The second kappa shape index (κ2) is 9.13. The fourth-order valence-corrected chi connectivity index (χ4v) is 4.06. The van der Waals surface area contributed by atoms with Crippen LogP contribution in [0.4, 0.5) is 0 Å². The van der Waals surface area contributed by atoms with Gasteiger partial charge in [-0.25, -0.2) is 12.7 Å². The van der Waals surface area contributed by atoms with E-state index in [0.717, 1.165) is 11.3 Å². The third-order valence-electron chi connectivity index (χ3n) is 4.20. The maximum atomic E-state index is 12.7. The number of ether oxygens (including phenoxy) is 1. The number of hydrogen-bond acceptors (Lipinski definition) is 6. The van der Waals surface area contributed by atoms with Gasteiger partial charge >= 0.3 is 0 Å². The molecule has 2 aromatic carbocycles. The van der Waals surface area contributed by atoms with Gasteiger partial charge < -0.3 is 9.26 Å². The molecule has 0 bridgehead atoms. The maximum Gasteiger partial charge on any atom is 0.264 e. The molecule has 0 fully saturated rings. The molecule has 0 saturated heterocycles. The van der Waals surface area contributed by atoms with Crippen molar-refractivity contribution < 1.29 is 17.7 Å². The van der Waals surface area contributed by atoms with Gasteiger partial charge in [-0.2, -0.15) is 4.98 Å². The van der Waals surface area contributed by atoms with Crippen molar-refractivity contribution in [2.45, 2.75) is 24.8 Å². The Morgan fingerprint density at radius 1 is 1.14 bits per heavy atom. The van der Waals surface area contributed by atoms with Gasteiger partial charge in [-0.05, 0) is 36.8 Å². The van der Waals surface area contributed by atoms with Crippen molar-refractivity contribution in [3.63, 3.8) is 0 Å². The zero-order valence-corrected chi connectivity index (χ0v) is 18.1. The van der Waals surface area contributed by atoms with Crippen molar-refractivity contribution in [2.24, 2.45) is 0 Å². The molecular weight excluding hydrogens is 437 g/mol. The zero-order valence-electron chi connectivity index (χ0n) is 15.8. The van der Waals surface area contributed by atoms with Crippen LogP contribution in [0, 0.1) is 6.92 Å². The molecule has 0 amide bonds. The van der Waals surface area contributed by atoms with Crippen LogP contribution in [0.1, 0.15) is 17.3 Å². The van der Waals surface area contributed by atoms with Crippen LogP contribution in [0.3, 0.4) is 0 Å². The van der Waals surface area contributed by atoms with Gasteiger partial charge in [0, 0.05) is 20.0 Å². The van der Waals surface area contributed by atoms with Gasteiger partial charge in [0.05, 0.1) is 14.9 Å². The van der Waals surface area contributed by atoms with Crippen LogP contribution in [-0.2, 0) is 23.1 Å². The number of aryl methyl sites for hydroxylation is 1. The highest BCUT2D eigenvalue weighted by Gasteiger charge is 2.22. The van der Waals surface area contributed by atoms with Gasteiger partial charge in [0.15, 0.2) is 12.4 Å². The second-order valence-corrected chi connectivity index (χ2v) is 9.17. The molecule has 7 nitrogen and oxygen atoms in total. The van der Waals surface area contributed by atoms with E-state index in [1.165, 1.54) is 29.6 Å². The molecule has 0 radical (unpaired) electrons. The van der Waals surface area contributed by atoms with Gasteiger partial charge in [0.1, 0.15) is 5.75 Å². The summed E-state index contributed by atoms with van der Waals surface area (Å²) in [5.41, 5.74) is 1.00. The molecule has 0 spiro atoms. The molecule has 1 aromatic heterocycles. The summed E-state index contributed by atoms with van der Waals surface area (Å²) in [5, 5.41) is 4.35.